The third-order valence-corrected chi connectivity index (χ3v) is 14.6. The van der Waals surface area contributed by atoms with Crippen molar-refractivity contribution in [1.29, 1.82) is 5.26 Å². The van der Waals surface area contributed by atoms with E-state index in [9.17, 15) is 5.26 Å². The molecular weight excluding hydrogens is 879 g/mol. The Hall–Kier alpha value is -9.69. The highest BCUT2D eigenvalue weighted by Gasteiger charge is 2.46. The van der Waals surface area contributed by atoms with Crippen molar-refractivity contribution in [2.75, 3.05) is 0 Å². The fraction of sp³-hybridized carbons (Fsp3) is 0.0147. The molecule has 0 aromatic heterocycles. The lowest BCUT2D eigenvalue weighted by Crippen LogP contribution is -2.28. The van der Waals surface area contributed by atoms with Crippen molar-refractivity contribution in [1.82, 2.24) is 0 Å². The zero-order valence-electron chi connectivity index (χ0n) is 38.8. The maximum atomic E-state index is 10.4. The molecule has 13 aromatic carbocycles. The van der Waals surface area contributed by atoms with Gasteiger partial charge in [0.15, 0.2) is 0 Å². The van der Waals surface area contributed by atoms with Gasteiger partial charge in [-0.1, -0.05) is 164 Å². The monoisotopic (exact) mass is 919 g/mol. The summed E-state index contributed by atoms with van der Waals surface area (Å²) in [6.45, 7) is 0. The average Bonchev–Trinajstić information content (AvgIpc) is 3.73. The first kappa shape index (κ1) is 41.3. The first-order valence-corrected chi connectivity index (χ1v) is 24.3. The van der Waals surface area contributed by atoms with Crippen LogP contribution in [0.5, 0.6) is 34.5 Å². The normalized spacial score (nSPS) is 12.5. The van der Waals surface area contributed by atoms with E-state index in [4.69, 9.17) is 14.2 Å². The van der Waals surface area contributed by atoms with Crippen LogP contribution in [0.4, 0.5) is 0 Å². The number of nitrogens with zero attached hydrogens (tertiary/aromatic N) is 1. The summed E-state index contributed by atoms with van der Waals surface area (Å²) in [6, 6.07) is 89.8. The Morgan fingerprint density at radius 2 is 0.681 bits per heavy atom. The predicted octanol–water partition coefficient (Wildman–Crippen LogP) is 18.2. The molecular formula is C68H41NO3. The number of hydrogen-bond donors (Lipinski definition) is 0. The molecule has 336 valence electrons. The third-order valence-electron chi connectivity index (χ3n) is 14.6. The lowest BCUT2D eigenvalue weighted by atomic mass is 9.67. The molecule has 0 unspecified atom stereocenters. The molecule has 0 saturated carbocycles. The van der Waals surface area contributed by atoms with Crippen molar-refractivity contribution >= 4 is 64.6 Å². The van der Waals surface area contributed by atoms with Crippen molar-refractivity contribution in [3.8, 4) is 51.7 Å². The van der Waals surface area contributed by atoms with Crippen LogP contribution in [0.2, 0.25) is 0 Å². The van der Waals surface area contributed by atoms with Gasteiger partial charge in [-0.15, -0.1) is 0 Å². The maximum absolute atomic E-state index is 10.4. The Labute approximate surface area is 415 Å². The van der Waals surface area contributed by atoms with Gasteiger partial charge < -0.3 is 14.2 Å². The molecule has 0 radical (unpaired) electrons. The predicted molar refractivity (Wildman–Crippen MR) is 293 cm³/mol. The van der Waals surface area contributed by atoms with E-state index < -0.39 is 5.41 Å². The molecule has 0 atom stereocenters. The standard InChI is InChI=1S/C68H41NO3/c69-42-61-66(24-11-25-67(61)72-65-23-10-15-44-13-2-4-17-58(44)65)71-56-33-29-48-35-50-39-54(31-27-46(50)37-52(48)41-56)68(62-20-7-5-18-59(62)60-19-6-8-21-63(60)68)53-30-26-45-36-51-40-55(32-28-47(51)34-49(45)38-53)70-64-22-9-14-43-12-1-3-16-57(43)64/h1-41H. The Morgan fingerprint density at radius 3 is 1.21 bits per heavy atom. The number of ether oxygens (including phenoxy) is 3. The van der Waals surface area contributed by atoms with Gasteiger partial charge in [0.1, 0.15) is 46.1 Å². The van der Waals surface area contributed by atoms with E-state index in [0.717, 1.165) is 65.4 Å². The van der Waals surface area contributed by atoms with Gasteiger partial charge in [0.05, 0.1) is 5.41 Å². The van der Waals surface area contributed by atoms with Crippen LogP contribution in [-0.2, 0) is 5.41 Å². The summed E-state index contributed by atoms with van der Waals surface area (Å²) < 4.78 is 19.4. The Morgan fingerprint density at radius 1 is 0.292 bits per heavy atom. The summed E-state index contributed by atoms with van der Waals surface area (Å²) in [5.74, 6) is 3.84. The second-order valence-corrected chi connectivity index (χ2v) is 18.7. The number of benzene rings is 13. The van der Waals surface area contributed by atoms with Gasteiger partial charge in [-0.25, -0.2) is 0 Å². The van der Waals surface area contributed by atoms with E-state index in [0.29, 0.717) is 28.6 Å². The lowest BCUT2D eigenvalue weighted by Gasteiger charge is -2.34. The molecule has 0 amide bonds. The number of fused-ring (bicyclic) bond motifs is 9. The van der Waals surface area contributed by atoms with Gasteiger partial charge in [0.2, 0.25) is 0 Å². The van der Waals surface area contributed by atoms with E-state index in [1.807, 2.05) is 84.9 Å². The number of rotatable bonds is 8. The van der Waals surface area contributed by atoms with E-state index in [1.54, 1.807) is 0 Å². The fourth-order valence-corrected chi connectivity index (χ4v) is 11.3. The highest BCUT2D eigenvalue weighted by molar-refractivity contribution is 6.02. The smallest absolute Gasteiger partial charge is 0.149 e. The first-order chi connectivity index (χ1) is 35.6. The molecule has 14 rings (SSSR count). The topological polar surface area (TPSA) is 51.5 Å². The van der Waals surface area contributed by atoms with Crippen molar-refractivity contribution in [2.45, 2.75) is 5.41 Å². The van der Waals surface area contributed by atoms with Crippen LogP contribution in [0.25, 0.3) is 75.8 Å². The van der Waals surface area contributed by atoms with E-state index >= 15 is 0 Å². The highest BCUT2D eigenvalue weighted by atomic mass is 16.5. The molecule has 0 bridgehead atoms. The van der Waals surface area contributed by atoms with Crippen molar-refractivity contribution in [3.63, 3.8) is 0 Å². The Bertz CT molecular complexity index is 4360. The summed E-state index contributed by atoms with van der Waals surface area (Å²) in [5.41, 5.74) is 7.21. The summed E-state index contributed by atoms with van der Waals surface area (Å²) in [4.78, 5) is 0. The fourth-order valence-electron chi connectivity index (χ4n) is 11.3. The molecule has 1 aliphatic rings. The van der Waals surface area contributed by atoms with Crippen LogP contribution in [0.15, 0.2) is 249 Å². The molecule has 4 heteroatoms. The number of nitriles is 1. The van der Waals surface area contributed by atoms with Crippen molar-refractivity contribution < 1.29 is 14.2 Å². The average molecular weight is 920 g/mol. The molecule has 0 heterocycles. The Balaban J connectivity index is 0.836. The molecule has 72 heavy (non-hydrogen) atoms. The van der Waals surface area contributed by atoms with Crippen LogP contribution in [-0.4, -0.2) is 0 Å². The SMILES string of the molecule is N#Cc1c(Oc2ccc3cc4cc(C5(c6ccc7cc8cc(Oc9cccc%10ccccc9%10)ccc8cc7c6)c6ccccc6-c6ccccc65)ccc4cc3c2)cccc1Oc1cccc2ccccc12. The molecule has 0 saturated heterocycles. The second-order valence-electron chi connectivity index (χ2n) is 18.7. The van der Waals surface area contributed by atoms with Crippen LogP contribution in [0.1, 0.15) is 27.8 Å². The number of hydrogen-bond acceptors (Lipinski definition) is 4. The summed E-state index contributed by atoms with van der Waals surface area (Å²) >= 11 is 0. The zero-order valence-corrected chi connectivity index (χ0v) is 38.8. The molecule has 0 N–H and O–H groups in total. The van der Waals surface area contributed by atoms with Crippen LogP contribution in [0, 0.1) is 11.3 Å². The minimum atomic E-state index is -0.586. The van der Waals surface area contributed by atoms with Gasteiger partial charge in [0, 0.05) is 10.8 Å². The quantitative estimate of drug-likeness (QED) is 0.143. The molecule has 0 aliphatic heterocycles. The summed E-state index contributed by atoms with van der Waals surface area (Å²) in [6.07, 6.45) is 0. The van der Waals surface area contributed by atoms with Gasteiger partial charge >= 0.3 is 0 Å². The minimum absolute atomic E-state index is 0.331. The van der Waals surface area contributed by atoms with Gasteiger partial charge in [-0.3, -0.25) is 0 Å². The van der Waals surface area contributed by atoms with Crippen LogP contribution >= 0.6 is 0 Å². The minimum Gasteiger partial charge on any atom is -0.457 e. The summed E-state index contributed by atoms with van der Waals surface area (Å²) in [5, 5.41) is 23.7. The van der Waals surface area contributed by atoms with E-state index in [2.05, 4.69) is 170 Å². The largest absolute Gasteiger partial charge is 0.457 e. The molecule has 0 spiro atoms. The highest BCUT2D eigenvalue weighted by Crippen LogP contribution is 2.57. The third kappa shape index (κ3) is 6.67. The molecule has 4 nitrogen and oxygen atoms in total. The molecule has 1 aliphatic carbocycles. The maximum Gasteiger partial charge on any atom is 0.149 e. The molecule has 13 aromatic rings. The van der Waals surface area contributed by atoms with Gasteiger partial charge in [-0.05, 0) is 172 Å². The van der Waals surface area contributed by atoms with Crippen LogP contribution in [0.3, 0.4) is 0 Å². The van der Waals surface area contributed by atoms with Crippen molar-refractivity contribution in [3.05, 3.63) is 277 Å². The lowest BCUT2D eigenvalue weighted by molar-refractivity contribution is 0.460. The second kappa shape index (κ2) is 16.5. The van der Waals surface area contributed by atoms with Gasteiger partial charge in [-0.2, -0.15) is 5.26 Å². The van der Waals surface area contributed by atoms with E-state index in [-0.39, 0.29) is 0 Å². The zero-order chi connectivity index (χ0) is 47.8. The van der Waals surface area contributed by atoms with Crippen LogP contribution < -0.4 is 14.2 Å². The van der Waals surface area contributed by atoms with Gasteiger partial charge in [0.25, 0.3) is 0 Å². The first-order valence-electron chi connectivity index (χ1n) is 24.3. The molecule has 0 fully saturated rings. The Kier molecular flexibility index (Phi) is 9.45. The summed E-state index contributed by atoms with van der Waals surface area (Å²) in [7, 11) is 0. The van der Waals surface area contributed by atoms with Crippen molar-refractivity contribution in [2.24, 2.45) is 0 Å². The van der Waals surface area contributed by atoms with E-state index in [1.165, 1.54) is 44.2 Å².